The Morgan fingerprint density at radius 2 is 1.79 bits per heavy atom. The van der Waals surface area contributed by atoms with Crippen molar-refractivity contribution in [1.82, 2.24) is 0 Å². The molecule has 0 radical (unpaired) electrons. The number of methoxy groups -OCH3 is 1. The van der Waals surface area contributed by atoms with Crippen molar-refractivity contribution in [3.8, 4) is 5.75 Å². The maximum absolute atomic E-state index is 12.5. The monoisotopic (exact) mass is 322 g/mol. The summed E-state index contributed by atoms with van der Waals surface area (Å²) in [6.45, 7) is 0. The van der Waals surface area contributed by atoms with E-state index in [1.54, 1.807) is 7.11 Å². The molecule has 24 heavy (non-hydrogen) atoms. The van der Waals surface area contributed by atoms with Gasteiger partial charge in [-0.2, -0.15) is 0 Å². The van der Waals surface area contributed by atoms with E-state index in [-0.39, 0.29) is 11.8 Å². The number of para-hydroxylation sites is 2. The molecule has 1 aliphatic carbocycles. The van der Waals surface area contributed by atoms with E-state index in [1.807, 2.05) is 48.5 Å². The highest BCUT2D eigenvalue weighted by molar-refractivity contribution is 5.96. The van der Waals surface area contributed by atoms with Gasteiger partial charge >= 0.3 is 0 Å². The summed E-state index contributed by atoms with van der Waals surface area (Å²) in [4.78, 5) is 12.5. The zero-order chi connectivity index (χ0) is 16.8. The van der Waals surface area contributed by atoms with Gasteiger partial charge in [-0.05, 0) is 55.7 Å². The van der Waals surface area contributed by atoms with Gasteiger partial charge in [-0.3, -0.25) is 4.79 Å². The summed E-state index contributed by atoms with van der Waals surface area (Å²) >= 11 is 0. The lowest BCUT2D eigenvalue weighted by atomic mass is 9.93. The quantitative estimate of drug-likeness (QED) is 0.782. The van der Waals surface area contributed by atoms with Crippen LogP contribution in [0.3, 0.4) is 0 Å². The molecule has 1 atom stereocenters. The molecule has 0 aromatic heterocycles. The largest absolute Gasteiger partial charge is 0.497 e. The number of amides is 1. The van der Waals surface area contributed by atoms with E-state index >= 15 is 0 Å². The standard InChI is InChI=1S/C20H22N2O2/c1-24-17-13-11-16(12-14-17)21-18-9-5-6-10-19(18)22-20(23)15-7-3-2-4-8-15/h2-3,5-6,9-15,21H,4,7-8H2,1H3,(H,22,23). The molecule has 0 aliphatic heterocycles. The van der Waals surface area contributed by atoms with Gasteiger partial charge in [-0.1, -0.05) is 24.3 Å². The molecule has 2 aromatic rings. The Balaban J connectivity index is 1.72. The minimum Gasteiger partial charge on any atom is -0.497 e. The third kappa shape index (κ3) is 3.96. The van der Waals surface area contributed by atoms with E-state index in [1.165, 1.54) is 0 Å². The summed E-state index contributed by atoms with van der Waals surface area (Å²) in [5.74, 6) is 0.958. The van der Waals surface area contributed by atoms with Crippen LogP contribution in [0.4, 0.5) is 17.1 Å². The molecule has 3 rings (SSSR count). The van der Waals surface area contributed by atoms with E-state index in [0.29, 0.717) is 0 Å². The average molecular weight is 322 g/mol. The predicted octanol–water partition coefficient (Wildman–Crippen LogP) is 4.73. The van der Waals surface area contributed by atoms with Gasteiger partial charge in [0.15, 0.2) is 0 Å². The summed E-state index contributed by atoms with van der Waals surface area (Å²) < 4.78 is 5.17. The fraction of sp³-hybridized carbons (Fsp3) is 0.250. The van der Waals surface area contributed by atoms with Crippen LogP contribution in [0.5, 0.6) is 5.75 Å². The smallest absolute Gasteiger partial charge is 0.227 e. The Morgan fingerprint density at radius 1 is 1.04 bits per heavy atom. The third-order valence-electron chi connectivity index (χ3n) is 4.19. The average Bonchev–Trinajstić information content (AvgIpc) is 2.64. The molecule has 124 valence electrons. The number of nitrogens with one attached hydrogen (secondary N) is 2. The number of rotatable bonds is 5. The number of allylic oxidation sites excluding steroid dienone is 2. The first-order valence-corrected chi connectivity index (χ1v) is 8.22. The van der Waals surface area contributed by atoms with Crippen LogP contribution in [0, 0.1) is 5.92 Å². The Hall–Kier alpha value is -2.75. The molecule has 4 heteroatoms. The van der Waals surface area contributed by atoms with Crippen LogP contribution < -0.4 is 15.4 Å². The minimum atomic E-state index is 0.0593. The first kappa shape index (κ1) is 16.1. The first-order chi connectivity index (χ1) is 11.8. The van der Waals surface area contributed by atoms with Crippen LogP contribution in [-0.2, 0) is 4.79 Å². The van der Waals surface area contributed by atoms with Gasteiger partial charge in [0, 0.05) is 11.6 Å². The number of hydrogen-bond acceptors (Lipinski definition) is 3. The summed E-state index contributed by atoms with van der Waals surface area (Å²) in [7, 11) is 1.65. The molecule has 1 unspecified atom stereocenters. The maximum Gasteiger partial charge on any atom is 0.227 e. The highest BCUT2D eigenvalue weighted by Crippen LogP contribution is 2.28. The molecule has 0 spiro atoms. The van der Waals surface area contributed by atoms with Gasteiger partial charge in [0.1, 0.15) is 5.75 Å². The van der Waals surface area contributed by atoms with Crippen molar-refractivity contribution in [2.75, 3.05) is 17.7 Å². The van der Waals surface area contributed by atoms with Gasteiger partial charge < -0.3 is 15.4 Å². The summed E-state index contributed by atoms with van der Waals surface area (Å²) in [5.41, 5.74) is 2.62. The van der Waals surface area contributed by atoms with E-state index in [4.69, 9.17) is 4.74 Å². The third-order valence-corrected chi connectivity index (χ3v) is 4.19. The number of anilines is 3. The number of hydrogen-bond donors (Lipinski definition) is 2. The highest BCUT2D eigenvalue weighted by Gasteiger charge is 2.19. The van der Waals surface area contributed by atoms with Crippen LogP contribution in [0.1, 0.15) is 19.3 Å². The van der Waals surface area contributed by atoms with E-state index in [2.05, 4.69) is 22.8 Å². The number of carbonyl (C=O) groups excluding carboxylic acids is 1. The fourth-order valence-corrected chi connectivity index (χ4v) is 2.80. The Kier molecular flexibility index (Phi) is 5.16. The molecule has 0 bridgehead atoms. The molecular formula is C20H22N2O2. The molecular weight excluding hydrogens is 300 g/mol. The van der Waals surface area contributed by atoms with E-state index in [9.17, 15) is 4.79 Å². The SMILES string of the molecule is COc1ccc(Nc2ccccc2NC(=O)C2CC=CCC2)cc1. The molecule has 0 fully saturated rings. The normalized spacial score (nSPS) is 16.5. The number of benzene rings is 2. The summed E-state index contributed by atoms with van der Waals surface area (Å²) in [6, 6.07) is 15.5. The van der Waals surface area contributed by atoms with Gasteiger partial charge in [0.2, 0.25) is 5.91 Å². The first-order valence-electron chi connectivity index (χ1n) is 8.22. The second-order valence-corrected chi connectivity index (χ2v) is 5.87. The molecule has 2 aromatic carbocycles. The lowest BCUT2D eigenvalue weighted by molar-refractivity contribution is -0.120. The van der Waals surface area contributed by atoms with Crippen molar-refractivity contribution >= 4 is 23.0 Å². The van der Waals surface area contributed by atoms with Gasteiger partial charge in [-0.15, -0.1) is 0 Å². The molecule has 4 nitrogen and oxygen atoms in total. The molecule has 1 amide bonds. The molecule has 0 saturated carbocycles. The summed E-state index contributed by atoms with van der Waals surface area (Å²) in [5, 5.41) is 6.41. The summed E-state index contributed by atoms with van der Waals surface area (Å²) in [6.07, 6.45) is 6.94. The molecule has 0 saturated heterocycles. The van der Waals surface area contributed by atoms with Crippen molar-refractivity contribution in [3.05, 3.63) is 60.7 Å². The number of ether oxygens (including phenoxy) is 1. The van der Waals surface area contributed by atoms with Crippen LogP contribution in [-0.4, -0.2) is 13.0 Å². The van der Waals surface area contributed by atoms with Crippen molar-refractivity contribution in [2.45, 2.75) is 19.3 Å². The second-order valence-electron chi connectivity index (χ2n) is 5.87. The Labute approximate surface area is 142 Å². The van der Waals surface area contributed by atoms with Gasteiger partial charge in [0.05, 0.1) is 18.5 Å². The molecule has 1 aliphatic rings. The topological polar surface area (TPSA) is 50.4 Å². The van der Waals surface area contributed by atoms with Crippen molar-refractivity contribution in [3.63, 3.8) is 0 Å². The van der Waals surface area contributed by atoms with Gasteiger partial charge in [-0.25, -0.2) is 0 Å². The van der Waals surface area contributed by atoms with E-state index < -0.39 is 0 Å². The van der Waals surface area contributed by atoms with Crippen LogP contribution >= 0.6 is 0 Å². The fourth-order valence-electron chi connectivity index (χ4n) is 2.80. The number of carbonyl (C=O) groups is 1. The second kappa shape index (κ2) is 7.68. The Morgan fingerprint density at radius 3 is 2.46 bits per heavy atom. The van der Waals surface area contributed by atoms with Crippen molar-refractivity contribution < 1.29 is 9.53 Å². The predicted molar refractivity (Wildman–Crippen MR) is 97.8 cm³/mol. The van der Waals surface area contributed by atoms with Crippen LogP contribution in [0.2, 0.25) is 0 Å². The highest BCUT2D eigenvalue weighted by atomic mass is 16.5. The van der Waals surface area contributed by atoms with Crippen molar-refractivity contribution in [2.24, 2.45) is 5.92 Å². The van der Waals surface area contributed by atoms with Crippen molar-refractivity contribution in [1.29, 1.82) is 0 Å². The zero-order valence-electron chi connectivity index (χ0n) is 13.8. The lowest BCUT2D eigenvalue weighted by Gasteiger charge is -2.19. The molecule has 2 N–H and O–H groups in total. The lowest BCUT2D eigenvalue weighted by Crippen LogP contribution is -2.23. The maximum atomic E-state index is 12.5. The Bertz CT molecular complexity index is 723. The van der Waals surface area contributed by atoms with E-state index in [0.717, 1.165) is 42.1 Å². The van der Waals surface area contributed by atoms with Gasteiger partial charge in [0.25, 0.3) is 0 Å². The minimum absolute atomic E-state index is 0.0593. The van der Waals surface area contributed by atoms with Crippen LogP contribution in [0.15, 0.2) is 60.7 Å². The molecule has 0 heterocycles. The zero-order valence-corrected chi connectivity index (χ0v) is 13.8. The van der Waals surface area contributed by atoms with Crippen LogP contribution in [0.25, 0.3) is 0 Å².